The van der Waals surface area contributed by atoms with Gasteiger partial charge in [0, 0.05) is 6.04 Å². The Morgan fingerprint density at radius 1 is 1.57 bits per heavy atom. The zero-order valence-corrected chi connectivity index (χ0v) is 8.20. The largest absolute Gasteiger partial charge is 0.507 e. The Labute approximate surface area is 83.8 Å². The molecule has 1 aromatic rings. The van der Waals surface area contributed by atoms with Crippen molar-refractivity contribution in [1.29, 1.82) is 5.26 Å². The summed E-state index contributed by atoms with van der Waals surface area (Å²) in [6, 6.07) is 6.80. The molecule has 0 saturated carbocycles. The standard InChI is InChI=1S/C11H14N2O/c1-2-3-10(13)8-4-5-11(14)9(6-8)7-12/h4-6,10,14H,2-3,13H2,1H3/t10-/m1/s1. The van der Waals surface area contributed by atoms with E-state index in [1.807, 2.05) is 6.07 Å². The van der Waals surface area contributed by atoms with Crippen molar-refractivity contribution >= 4 is 0 Å². The van der Waals surface area contributed by atoms with Gasteiger partial charge in [-0.2, -0.15) is 5.26 Å². The molecule has 0 heterocycles. The first-order valence-electron chi connectivity index (χ1n) is 4.67. The molecule has 3 nitrogen and oxygen atoms in total. The SMILES string of the molecule is CCC[C@@H](N)c1ccc(O)c(C#N)c1. The van der Waals surface area contributed by atoms with Crippen molar-refractivity contribution in [3.63, 3.8) is 0 Å². The van der Waals surface area contributed by atoms with Gasteiger partial charge in [-0.3, -0.25) is 0 Å². The van der Waals surface area contributed by atoms with Crippen molar-refractivity contribution in [3.05, 3.63) is 29.3 Å². The van der Waals surface area contributed by atoms with Crippen LogP contribution >= 0.6 is 0 Å². The summed E-state index contributed by atoms with van der Waals surface area (Å²) in [5, 5.41) is 18.0. The molecule has 0 fully saturated rings. The summed E-state index contributed by atoms with van der Waals surface area (Å²) in [5.41, 5.74) is 7.08. The molecule has 0 aliphatic carbocycles. The highest BCUT2D eigenvalue weighted by Gasteiger charge is 2.07. The Kier molecular flexibility index (Phi) is 3.49. The molecule has 14 heavy (non-hydrogen) atoms. The van der Waals surface area contributed by atoms with Gasteiger partial charge in [-0.1, -0.05) is 19.4 Å². The molecule has 0 aliphatic rings. The second-order valence-electron chi connectivity index (χ2n) is 3.28. The third-order valence-electron chi connectivity index (χ3n) is 2.17. The van der Waals surface area contributed by atoms with Gasteiger partial charge in [0.05, 0.1) is 5.56 Å². The van der Waals surface area contributed by atoms with E-state index in [2.05, 4.69) is 6.92 Å². The van der Waals surface area contributed by atoms with E-state index in [-0.39, 0.29) is 17.4 Å². The average molecular weight is 190 g/mol. The monoisotopic (exact) mass is 190 g/mol. The second-order valence-corrected chi connectivity index (χ2v) is 3.28. The van der Waals surface area contributed by atoms with E-state index in [0.717, 1.165) is 18.4 Å². The number of phenolic OH excluding ortho intramolecular Hbond substituents is 1. The minimum absolute atomic E-state index is 0.0138. The van der Waals surface area contributed by atoms with Gasteiger partial charge < -0.3 is 10.8 Å². The predicted molar refractivity (Wildman–Crippen MR) is 54.7 cm³/mol. The molecule has 3 heteroatoms. The molecule has 0 spiro atoms. The number of phenols is 1. The molecule has 0 unspecified atom stereocenters. The van der Waals surface area contributed by atoms with E-state index in [0.29, 0.717) is 0 Å². The van der Waals surface area contributed by atoms with Crippen LogP contribution in [0.3, 0.4) is 0 Å². The van der Waals surface area contributed by atoms with Gasteiger partial charge in [0.25, 0.3) is 0 Å². The summed E-state index contributed by atoms with van der Waals surface area (Å²) in [5.74, 6) is 0.0138. The van der Waals surface area contributed by atoms with Crippen LogP contribution in [0.4, 0.5) is 0 Å². The Balaban J connectivity index is 2.95. The van der Waals surface area contributed by atoms with E-state index < -0.39 is 0 Å². The number of aromatic hydroxyl groups is 1. The van der Waals surface area contributed by atoms with E-state index >= 15 is 0 Å². The van der Waals surface area contributed by atoms with Gasteiger partial charge >= 0.3 is 0 Å². The third-order valence-corrected chi connectivity index (χ3v) is 2.17. The van der Waals surface area contributed by atoms with Gasteiger partial charge in [0.1, 0.15) is 11.8 Å². The fourth-order valence-electron chi connectivity index (χ4n) is 1.35. The molecular formula is C11H14N2O. The molecule has 74 valence electrons. The third kappa shape index (κ3) is 2.24. The van der Waals surface area contributed by atoms with Crippen molar-refractivity contribution < 1.29 is 5.11 Å². The maximum Gasteiger partial charge on any atom is 0.133 e. The number of nitrogens with zero attached hydrogens (tertiary/aromatic N) is 1. The topological polar surface area (TPSA) is 70.0 Å². The first-order chi connectivity index (χ1) is 6.69. The lowest BCUT2D eigenvalue weighted by molar-refractivity contribution is 0.473. The summed E-state index contributed by atoms with van der Waals surface area (Å²) in [7, 11) is 0. The highest BCUT2D eigenvalue weighted by molar-refractivity contribution is 5.45. The fourth-order valence-corrected chi connectivity index (χ4v) is 1.35. The quantitative estimate of drug-likeness (QED) is 0.766. The van der Waals surface area contributed by atoms with E-state index in [4.69, 9.17) is 11.0 Å². The summed E-state index contributed by atoms with van der Waals surface area (Å²) < 4.78 is 0. The molecule has 3 N–H and O–H groups in total. The number of hydrogen-bond donors (Lipinski definition) is 2. The lowest BCUT2D eigenvalue weighted by atomic mass is 10.0. The van der Waals surface area contributed by atoms with Crippen molar-refractivity contribution in [1.82, 2.24) is 0 Å². The maximum absolute atomic E-state index is 9.28. The van der Waals surface area contributed by atoms with Gasteiger partial charge in [0.15, 0.2) is 0 Å². The van der Waals surface area contributed by atoms with Crippen molar-refractivity contribution in [2.24, 2.45) is 5.73 Å². The van der Waals surface area contributed by atoms with Crippen molar-refractivity contribution in [2.45, 2.75) is 25.8 Å². The highest BCUT2D eigenvalue weighted by atomic mass is 16.3. The molecule has 0 aliphatic heterocycles. The zero-order chi connectivity index (χ0) is 10.6. The Morgan fingerprint density at radius 2 is 2.29 bits per heavy atom. The smallest absolute Gasteiger partial charge is 0.133 e. The van der Waals surface area contributed by atoms with Crippen LogP contribution in [-0.4, -0.2) is 5.11 Å². The molecule has 1 atom stereocenters. The van der Waals surface area contributed by atoms with Gasteiger partial charge in [-0.05, 0) is 24.1 Å². The normalized spacial score (nSPS) is 12.1. The predicted octanol–water partition coefficient (Wildman–Crippen LogP) is 2.06. The maximum atomic E-state index is 9.28. The second kappa shape index (κ2) is 4.64. The minimum atomic E-state index is -0.0484. The number of hydrogen-bond acceptors (Lipinski definition) is 3. The first-order valence-corrected chi connectivity index (χ1v) is 4.67. The van der Waals surface area contributed by atoms with Crippen molar-refractivity contribution in [2.75, 3.05) is 0 Å². The van der Waals surface area contributed by atoms with Crippen LogP contribution in [0.2, 0.25) is 0 Å². The molecule has 0 bridgehead atoms. The van der Waals surface area contributed by atoms with E-state index in [1.54, 1.807) is 12.1 Å². The van der Waals surface area contributed by atoms with Gasteiger partial charge in [-0.15, -0.1) is 0 Å². The molecule has 0 saturated heterocycles. The zero-order valence-electron chi connectivity index (χ0n) is 8.20. The molecule has 1 aromatic carbocycles. The lowest BCUT2D eigenvalue weighted by Gasteiger charge is -2.10. The number of rotatable bonds is 3. The van der Waals surface area contributed by atoms with Crippen LogP contribution in [0, 0.1) is 11.3 Å². The van der Waals surface area contributed by atoms with Crippen LogP contribution in [0.1, 0.15) is 36.9 Å². The summed E-state index contributed by atoms with van der Waals surface area (Å²) in [4.78, 5) is 0. The Morgan fingerprint density at radius 3 is 2.86 bits per heavy atom. The molecule has 0 amide bonds. The summed E-state index contributed by atoms with van der Waals surface area (Å²) in [6.07, 6.45) is 1.89. The van der Waals surface area contributed by atoms with Gasteiger partial charge in [0.2, 0.25) is 0 Å². The van der Waals surface area contributed by atoms with Crippen LogP contribution in [0.5, 0.6) is 5.75 Å². The Hall–Kier alpha value is -1.53. The molecule has 1 rings (SSSR count). The lowest BCUT2D eigenvalue weighted by Crippen LogP contribution is -2.09. The average Bonchev–Trinajstić information content (AvgIpc) is 2.19. The fraction of sp³-hybridized carbons (Fsp3) is 0.364. The van der Waals surface area contributed by atoms with Crippen LogP contribution in [0.25, 0.3) is 0 Å². The molecule has 0 aromatic heterocycles. The van der Waals surface area contributed by atoms with Gasteiger partial charge in [-0.25, -0.2) is 0 Å². The van der Waals surface area contributed by atoms with Crippen molar-refractivity contribution in [3.8, 4) is 11.8 Å². The summed E-state index contributed by atoms with van der Waals surface area (Å²) >= 11 is 0. The molecule has 0 radical (unpaired) electrons. The Bertz CT molecular complexity index is 355. The minimum Gasteiger partial charge on any atom is -0.507 e. The number of benzene rings is 1. The summed E-state index contributed by atoms with van der Waals surface area (Å²) in [6.45, 7) is 2.06. The van der Waals surface area contributed by atoms with Crippen LogP contribution in [0.15, 0.2) is 18.2 Å². The van der Waals surface area contributed by atoms with Crippen LogP contribution < -0.4 is 5.73 Å². The number of nitrogens with two attached hydrogens (primary N) is 1. The molecular weight excluding hydrogens is 176 g/mol. The van der Waals surface area contributed by atoms with E-state index in [9.17, 15) is 5.11 Å². The first kappa shape index (κ1) is 10.6. The highest BCUT2D eigenvalue weighted by Crippen LogP contribution is 2.22. The van der Waals surface area contributed by atoms with Crippen LogP contribution in [-0.2, 0) is 0 Å². The van der Waals surface area contributed by atoms with E-state index in [1.165, 1.54) is 6.07 Å². The number of nitriles is 1.